The summed E-state index contributed by atoms with van der Waals surface area (Å²) in [6, 6.07) is 17.5. The molecule has 1 N–H and O–H groups in total. The van der Waals surface area contributed by atoms with Gasteiger partial charge < -0.3 is 10.2 Å². The molecule has 1 amide bonds. The maximum absolute atomic E-state index is 12.5. The molecule has 1 heterocycles. The van der Waals surface area contributed by atoms with Gasteiger partial charge in [0.15, 0.2) is 5.13 Å². The van der Waals surface area contributed by atoms with E-state index >= 15 is 0 Å². The van der Waals surface area contributed by atoms with Gasteiger partial charge in [-0.3, -0.25) is 4.79 Å². The van der Waals surface area contributed by atoms with Gasteiger partial charge in [-0.2, -0.15) is 0 Å². The minimum atomic E-state index is -0.139. The molecule has 2 aromatic carbocycles. The van der Waals surface area contributed by atoms with Gasteiger partial charge in [0.1, 0.15) is 4.88 Å². The van der Waals surface area contributed by atoms with Crippen LogP contribution in [0.25, 0.3) is 0 Å². The third-order valence-corrected chi connectivity index (χ3v) is 5.29. The number of hydrogen-bond acceptors (Lipinski definition) is 4. The largest absolute Gasteiger partial charge is 0.321 e. The first kappa shape index (κ1) is 16.7. The average molecular weight is 402 g/mol. The molecular formula is C18H16BrN3OS. The number of aromatic nitrogens is 1. The van der Waals surface area contributed by atoms with Gasteiger partial charge in [-0.15, -0.1) is 0 Å². The number of benzene rings is 2. The molecule has 6 heteroatoms. The summed E-state index contributed by atoms with van der Waals surface area (Å²) in [5.74, 6) is -0.139. The van der Waals surface area contributed by atoms with Gasteiger partial charge in [0.25, 0.3) is 5.91 Å². The number of aryl methyl sites for hydroxylation is 1. The van der Waals surface area contributed by atoms with Crippen LogP contribution in [0.4, 0.5) is 16.5 Å². The summed E-state index contributed by atoms with van der Waals surface area (Å²) in [7, 11) is 1.95. The zero-order chi connectivity index (χ0) is 17.1. The molecule has 0 saturated carbocycles. The first-order chi connectivity index (χ1) is 11.5. The van der Waals surface area contributed by atoms with E-state index in [9.17, 15) is 4.79 Å². The molecular weight excluding hydrogens is 386 g/mol. The van der Waals surface area contributed by atoms with E-state index < -0.39 is 0 Å². The number of anilines is 3. The Hall–Kier alpha value is -2.18. The lowest BCUT2D eigenvalue weighted by Gasteiger charge is -2.15. The van der Waals surface area contributed by atoms with Crippen molar-refractivity contribution >= 4 is 49.7 Å². The second-order valence-electron chi connectivity index (χ2n) is 5.27. The van der Waals surface area contributed by atoms with E-state index in [0.717, 1.165) is 26.7 Å². The Morgan fingerprint density at radius 3 is 2.46 bits per heavy atom. The minimum Gasteiger partial charge on any atom is -0.321 e. The first-order valence-corrected chi connectivity index (χ1v) is 8.98. The number of thiazole rings is 1. The molecule has 0 saturated heterocycles. The van der Waals surface area contributed by atoms with E-state index in [1.54, 1.807) is 0 Å². The van der Waals surface area contributed by atoms with Crippen LogP contribution in [0.1, 0.15) is 15.4 Å². The van der Waals surface area contributed by atoms with E-state index in [1.807, 2.05) is 73.5 Å². The molecule has 24 heavy (non-hydrogen) atoms. The fourth-order valence-electron chi connectivity index (χ4n) is 2.22. The van der Waals surface area contributed by atoms with E-state index in [2.05, 4.69) is 26.2 Å². The van der Waals surface area contributed by atoms with Gasteiger partial charge in [0, 0.05) is 22.9 Å². The Balaban J connectivity index is 1.80. The van der Waals surface area contributed by atoms with Crippen molar-refractivity contribution in [2.75, 3.05) is 17.3 Å². The zero-order valence-electron chi connectivity index (χ0n) is 13.3. The smallest absolute Gasteiger partial charge is 0.267 e. The Labute approximate surface area is 153 Å². The van der Waals surface area contributed by atoms with Crippen LogP contribution < -0.4 is 10.2 Å². The van der Waals surface area contributed by atoms with Gasteiger partial charge in [-0.1, -0.05) is 45.5 Å². The van der Waals surface area contributed by atoms with Crippen LogP contribution in [0.2, 0.25) is 0 Å². The lowest BCUT2D eigenvalue weighted by atomic mass is 10.3. The van der Waals surface area contributed by atoms with Crippen LogP contribution in [0, 0.1) is 6.92 Å². The van der Waals surface area contributed by atoms with Crippen molar-refractivity contribution in [3.8, 4) is 0 Å². The van der Waals surface area contributed by atoms with E-state index in [0.29, 0.717) is 4.88 Å². The molecule has 3 aromatic rings. The Kier molecular flexibility index (Phi) is 4.97. The van der Waals surface area contributed by atoms with Crippen molar-refractivity contribution in [1.29, 1.82) is 0 Å². The van der Waals surface area contributed by atoms with Gasteiger partial charge in [0.05, 0.1) is 5.69 Å². The van der Waals surface area contributed by atoms with Gasteiger partial charge in [-0.05, 0) is 43.3 Å². The van der Waals surface area contributed by atoms with Crippen molar-refractivity contribution < 1.29 is 4.79 Å². The molecule has 0 atom stereocenters. The monoisotopic (exact) mass is 401 g/mol. The fourth-order valence-corrected chi connectivity index (χ4v) is 3.43. The van der Waals surface area contributed by atoms with Crippen molar-refractivity contribution in [3.05, 3.63) is 69.6 Å². The van der Waals surface area contributed by atoms with E-state index in [4.69, 9.17) is 0 Å². The van der Waals surface area contributed by atoms with E-state index in [-0.39, 0.29) is 5.91 Å². The fraction of sp³-hybridized carbons (Fsp3) is 0.111. The van der Waals surface area contributed by atoms with Gasteiger partial charge >= 0.3 is 0 Å². The summed E-state index contributed by atoms with van der Waals surface area (Å²) in [6.45, 7) is 1.86. The third kappa shape index (κ3) is 3.66. The summed E-state index contributed by atoms with van der Waals surface area (Å²) >= 11 is 4.77. The lowest BCUT2D eigenvalue weighted by molar-refractivity contribution is 0.103. The first-order valence-electron chi connectivity index (χ1n) is 7.38. The highest BCUT2D eigenvalue weighted by Gasteiger charge is 2.18. The summed E-state index contributed by atoms with van der Waals surface area (Å²) in [5.41, 5.74) is 2.52. The molecule has 3 rings (SSSR count). The highest BCUT2D eigenvalue weighted by Crippen LogP contribution is 2.30. The van der Waals surface area contributed by atoms with Crippen LogP contribution in [0.15, 0.2) is 59.1 Å². The number of halogens is 1. The molecule has 4 nitrogen and oxygen atoms in total. The highest BCUT2D eigenvalue weighted by molar-refractivity contribution is 9.10. The molecule has 0 aliphatic heterocycles. The number of rotatable bonds is 4. The quantitative estimate of drug-likeness (QED) is 0.650. The van der Waals surface area contributed by atoms with Crippen LogP contribution in [0.5, 0.6) is 0 Å². The topological polar surface area (TPSA) is 45.2 Å². The van der Waals surface area contributed by atoms with Crippen LogP contribution in [-0.4, -0.2) is 17.9 Å². The molecule has 122 valence electrons. The predicted octanol–water partition coefficient (Wildman–Crippen LogP) is 5.23. The van der Waals surface area contributed by atoms with Crippen LogP contribution in [0.3, 0.4) is 0 Å². The Morgan fingerprint density at radius 2 is 1.79 bits per heavy atom. The molecule has 0 unspecified atom stereocenters. The van der Waals surface area contributed by atoms with Gasteiger partial charge in [0.2, 0.25) is 0 Å². The second-order valence-corrected chi connectivity index (χ2v) is 7.16. The predicted molar refractivity (Wildman–Crippen MR) is 103 cm³/mol. The average Bonchev–Trinajstić information content (AvgIpc) is 2.99. The molecule has 0 fully saturated rings. The summed E-state index contributed by atoms with van der Waals surface area (Å²) < 4.78 is 0.973. The van der Waals surface area contributed by atoms with Crippen molar-refractivity contribution in [2.24, 2.45) is 0 Å². The van der Waals surface area contributed by atoms with Crippen molar-refractivity contribution in [1.82, 2.24) is 4.98 Å². The number of carbonyl (C=O) groups is 1. The third-order valence-electron chi connectivity index (χ3n) is 3.52. The molecule has 0 spiro atoms. The summed E-state index contributed by atoms with van der Waals surface area (Å²) in [4.78, 5) is 19.7. The molecule has 1 aromatic heterocycles. The molecule has 0 aliphatic carbocycles. The Morgan fingerprint density at radius 1 is 1.12 bits per heavy atom. The van der Waals surface area contributed by atoms with Crippen molar-refractivity contribution in [3.63, 3.8) is 0 Å². The number of hydrogen-bond donors (Lipinski definition) is 1. The molecule has 0 aliphatic rings. The minimum absolute atomic E-state index is 0.139. The maximum atomic E-state index is 12.5. The maximum Gasteiger partial charge on any atom is 0.267 e. The van der Waals surface area contributed by atoms with Gasteiger partial charge in [-0.25, -0.2) is 4.98 Å². The number of nitrogens with one attached hydrogen (secondary N) is 1. The Bertz CT molecular complexity index is 846. The molecule has 0 radical (unpaired) electrons. The number of para-hydroxylation sites is 1. The second kappa shape index (κ2) is 7.15. The SMILES string of the molecule is Cc1nc(N(C)c2ccccc2)sc1C(=O)Nc1ccc(Br)cc1. The van der Waals surface area contributed by atoms with E-state index in [1.165, 1.54) is 11.3 Å². The molecule has 0 bridgehead atoms. The standard InChI is InChI=1S/C18H16BrN3OS/c1-12-16(17(23)21-14-10-8-13(19)9-11-14)24-18(20-12)22(2)15-6-4-3-5-7-15/h3-11H,1-2H3,(H,21,23). The summed E-state index contributed by atoms with van der Waals surface area (Å²) in [5, 5.41) is 3.70. The number of carbonyl (C=O) groups excluding carboxylic acids is 1. The summed E-state index contributed by atoms with van der Waals surface area (Å²) in [6.07, 6.45) is 0. The van der Waals surface area contributed by atoms with Crippen molar-refractivity contribution in [2.45, 2.75) is 6.92 Å². The van der Waals surface area contributed by atoms with Crippen LogP contribution in [-0.2, 0) is 0 Å². The lowest BCUT2D eigenvalue weighted by Crippen LogP contribution is -2.11. The van der Waals surface area contributed by atoms with Crippen LogP contribution >= 0.6 is 27.3 Å². The zero-order valence-corrected chi connectivity index (χ0v) is 15.7. The number of amides is 1. The normalized spacial score (nSPS) is 10.5. The highest BCUT2D eigenvalue weighted by atomic mass is 79.9. The number of nitrogens with zero attached hydrogens (tertiary/aromatic N) is 2.